The summed E-state index contributed by atoms with van der Waals surface area (Å²) >= 11 is 0. The fourth-order valence-electron chi connectivity index (χ4n) is 2.17. The highest BCUT2D eigenvalue weighted by molar-refractivity contribution is 5.80. The van der Waals surface area contributed by atoms with Gasteiger partial charge in [-0.1, -0.05) is 0 Å². The predicted octanol–water partition coefficient (Wildman–Crippen LogP) is -0.135. The van der Waals surface area contributed by atoms with Crippen LogP contribution in [0.5, 0.6) is 0 Å². The molecule has 2 aromatic rings. The molecule has 1 aliphatic rings. The maximum absolute atomic E-state index is 10.6. The average Bonchev–Trinajstić information content (AvgIpc) is 3.01. The summed E-state index contributed by atoms with van der Waals surface area (Å²) in [7, 11) is 0. The van der Waals surface area contributed by atoms with Crippen molar-refractivity contribution >= 4 is 17.0 Å². The van der Waals surface area contributed by atoms with Crippen LogP contribution in [0.1, 0.15) is 12.6 Å². The number of fused-ring (bicyclic) bond motifs is 1. The predicted molar refractivity (Wildman–Crippen MR) is 62.4 cm³/mol. The first-order valence-corrected chi connectivity index (χ1v) is 5.70. The minimum absolute atomic E-state index is 0.0407. The third-order valence-corrected chi connectivity index (χ3v) is 3.12. The second-order valence-corrected chi connectivity index (χ2v) is 4.23. The summed E-state index contributed by atoms with van der Waals surface area (Å²) in [5.74, 6) is -0.0407. The number of aliphatic hydroxyl groups excluding tert-OH is 2. The van der Waals surface area contributed by atoms with Crippen molar-refractivity contribution in [3.05, 3.63) is 17.6 Å². The number of nitroso groups, excluding NO2 is 1. The van der Waals surface area contributed by atoms with Crippen LogP contribution in [0.3, 0.4) is 0 Å². The van der Waals surface area contributed by atoms with E-state index in [9.17, 15) is 10.0 Å². The van der Waals surface area contributed by atoms with Crippen LogP contribution >= 0.6 is 0 Å². The van der Waals surface area contributed by atoms with Crippen molar-refractivity contribution in [2.45, 2.75) is 24.9 Å². The molecule has 0 aromatic carbocycles. The number of ether oxygens (including phenoxy) is 1. The Morgan fingerprint density at radius 1 is 1.47 bits per heavy atom. The molecule has 0 aliphatic carbocycles. The van der Waals surface area contributed by atoms with Crippen molar-refractivity contribution in [1.82, 2.24) is 19.5 Å². The van der Waals surface area contributed by atoms with E-state index in [-0.39, 0.29) is 17.9 Å². The summed E-state index contributed by atoms with van der Waals surface area (Å²) in [5.41, 5.74) is 0.684. The average molecular weight is 265 g/mol. The molecule has 1 fully saturated rings. The Morgan fingerprint density at radius 3 is 3.00 bits per heavy atom. The molecule has 9 heteroatoms. The summed E-state index contributed by atoms with van der Waals surface area (Å²) in [5, 5.41) is 21.5. The van der Waals surface area contributed by atoms with E-state index in [1.54, 1.807) is 4.57 Å². The van der Waals surface area contributed by atoms with Crippen LogP contribution in [-0.4, -0.2) is 48.5 Å². The molecular weight excluding hydrogens is 254 g/mol. The molecule has 2 N–H and O–H groups in total. The van der Waals surface area contributed by atoms with Crippen molar-refractivity contribution in [2.75, 3.05) is 6.61 Å². The number of aromatic nitrogens is 4. The molecular formula is C10H11N5O4. The third-order valence-electron chi connectivity index (χ3n) is 3.12. The van der Waals surface area contributed by atoms with E-state index in [0.717, 1.165) is 0 Å². The Bertz CT molecular complexity index is 615. The van der Waals surface area contributed by atoms with E-state index in [0.29, 0.717) is 12.1 Å². The van der Waals surface area contributed by atoms with Gasteiger partial charge >= 0.3 is 0 Å². The molecule has 19 heavy (non-hydrogen) atoms. The highest BCUT2D eigenvalue weighted by Crippen LogP contribution is 2.31. The third kappa shape index (κ3) is 1.87. The number of rotatable bonds is 3. The molecule has 3 atom stereocenters. The normalized spacial score (nSPS) is 26.9. The first kappa shape index (κ1) is 12.1. The Labute approximate surface area is 106 Å². The molecule has 1 saturated heterocycles. The maximum Gasteiger partial charge on any atom is 0.227 e. The summed E-state index contributed by atoms with van der Waals surface area (Å²) in [6.45, 7) is -0.263. The van der Waals surface area contributed by atoms with Gasteiger partial charge in [0, 0.05) is 6.42 Å². The molecule has 3 rings (SSSR count). The molecule has 2 aromatic heterocycles. The Hall–Kier alpha value is -1.97. The van der Waals surface area contributed by atoms with Gasteiger partial charge in [0.05, 0.1) is 19.0 Å². The van der Waals surface area contributed by atoms with E-state index in [4.69, 9.17) is 9.84 Å². The second kappa shape index (κ2) is 4.61. The van der Waals surface area contributed by atoms with E-state index >= 15 is 0 Å². The lowest BCUT2D eigenvalue weighted by Gasteiger charge is -2.13. The van der Waals surface area contributed by atoms with Gasteiger partial charge in [-0.15, -0.1) is 4.91 Å². The van der Waals surface area contributed by atoms with E-state index < -0.39 is 18.4 Å². The zero-order chi connectivity index (χ0) is 13.4. The Balaban J connectivity index is 2.00. The van der Waals surface area contributed by atoms with Crippen molar-refractivity contribution in [3.8, 4) is 0 Å². The van der Waals surface area contributed by atoms with Gasteiger partial charge in [0.25, 0.3) is 0 Å². The van der Waals surface area contributed by atoms with Crippen LogP contribution in [0.4, 0.5) is 5.82 Å². The molecule has 0 radical (unpaired) electrons. The smallest absolute Gasteiger partial charge is 0.227 e. The van der Waals surface area contributed by atoms with Crippen LogP contribution < -0.4 is 0 Å². The van der Waals surface area contributed by atoms with Gasteiger partial charge in [-0.25, -0.2) is 15.0 Å². The monoisotopic (exact) mass is 265 g/mol. The Morgan fingerprint density at radius 2 is 2.32 bits per heavy atom. The largest absolute Gasteiger partial charge is 0.394 e. The number of hydrogen-bond acceptors (Lipinski definition) is 8. The van der Waals surface area contributed by atoms with Gasteiger partial charge in [0.2, 0.25) is 5.82 Å². The maximum atomic E-state index is 10.6. The number of nitrogens with zero attached hydrogens (tertiary/aromatic N) is 5. The molecule has 3 heterocycles. The van der Waals surface area contributed by atoms with Crippen LogP contribution in [0.2, 0.25) is 0 Å². The summed E-state index contributed by atoms with van der Waals surface area (Å²) in [6, 6.07) is 0. The lowest BCUT2D eigenvalue weighted by Crippen LogP contribution is -2.24. The zero-order valence-corrected chi connectivity index (χ0v) is 9.75. The van der Waals surface area contributed by atoms with Crippen molar-refractivity contribution in [3.63, 3.8) is 0 Å². The van der Waals surface area contributed by atoms with Crippen LogP contribution in [0.15, 0.2) is 17.8 Å². The summed E-state index contributed by atoms with van der Waals surface area (Å²) in [4.78, 5) is 22.4. The summed E-state index contributed by atoms with van der Waals surface area (Å²) in [6.07, 6.45) is 1.10. The zero-order valence-electron chi connectivity index (χ0n) is 9.75. The fourth-order valence-corrected chi connectivity index (χ4v) is 2.17. The molecule has 0 spiro atoms. The first-order valence-electron chi connectivity index (χ1n) is 5.70. The fraction of sp³-hybridized carbons (Fsp3) is 0.500. The second-order valence-electron chi connectivity index (χ2n) is 4.23. The van der Waals surface area contributed by atoms with Crippen LogP contribution in [0.25, 0.3) is 11.2 Å². The standard InChI is InChI=1S/C10H11N5O4/c16-2-6-5(17)1-7(19-6)15-4-13-8-9(14-18)11-3-12-10(8)15/h3-7,16-17H,1-2H2/t5?,6-,7-/m1/s1. The summed E-state index contributed by atoms with van der Waals surface area (Å²) < 4.78 is 7.09. The van der Waals surface area contributed by atoms with Crippen molar-refractivity contribution < 1.29 is 14.9 Å². The highest BCUT2D eigenvalue weighted by atomic mass is 16.5. The lowest BCUT2D eigenvalue weighted by atomic mass is 10.2. The minimum atomic E-state index is -0.752. The van der Waals surface area contributed by atoms with Crippen molar-refractivity contribution in [1.29, 1.82) is 0 Å². The molecule has 1 unspecified atom stereocenters. The SMILES string of the molecule is O=Nc1ncnc2c1ncn2[C@H]1CC(O)[C@@H](CO)O1. The van der Waals surface area contributed by atoms with Gasteiger partial charge in [0.1, 0.15) is 18.7 Å². The number of aliphatic hydroxyl groups is 2. The van der Waals surface area contributed by atoms with Gasteiger partial charge in [-0.3, -0.25) is 4.57 Å². The van der Waals surface area contributed by atoms with Gasteiger partial charge < -0.3 is 14.9 Å². The first-order chi connectivity index (χ1) is 9.24. The topological polar surface area (TPSA) is 123 Å². The van der Waals surface area contributed by atoms with Crippen LogP contribution in [0, 0.1) is 4.91 Å². The van der Waals surface area contributed by atoms with Crippen LogP contribution in [-0.2, 0) is 4.74 Å². The van der Waals surface area contributed by atoms with Crippen molar-refractivity contribution in [2.24, 2.45) is 5.18 Å². The quantitative estimate of drug-likeness (QED) is 0.740. The van der Waals surface area contributed by atoms with Gasteiger partial charge in [-0.05, 0) is 5.18 Å². The molecule has 0 bridgehead atoms. The molecule has 9 nitrogen and oxygen atoms in total. The van der Waals surface area contributed by atoms with Gasteiger partial charge in [0.15, 0.2) is 11.2 Å². The highest BCUT2D eigenvalue weighted by Gasteiger charge is 2.35. The Kier molecular flexibility index (Phi) is 2.93. The minimum Gasteiger partial charge on any atom is -0.394 e. The number of hydrogen-bond donors (Lipinski definition) is 2. The van der Waals surface area contributed by atoms with E-state index in [1.165, 1.54) is 12.7 Å². The molecule has 1 aliphatic heterocycles. The van der Waals surface area contributed by atoms with Gasteiger partial charge in [-0.2, -0.15) is 0 Å². The van der Waals surface area contributed by atoms with E-state index in [2.05, 4.69) is 20.1 Å². The lowest BCUT2D eigenvalue weighted by molar-refractivity contribution is -0.0432. The molecule has 0 amide bonds. The van der Waals surface area contributed by atoms with E-state index in [1.807, 2.05) is 0 Å². The molecule has 0 saturated carbocycles. The molecule has 100 valence electrons. The number of imidazole rings is 1.